The van der Waals surface area contributed by atoms with Crippen molar-refractivity contribution < 1.29 is 9.59 Å². The quantitative estimate of drug-likeness (QED) is 0.531. The molecule has 1 rings (SSSR count). The van der Waals surface area contributed by atoms with Crippen LogP contribution in [0.4, 0.5) is 0 Å². The van der Waals surface area contributed by atoms with E-state index in [-0.39, 0.29) is 11.6 Å². The Morgan fingerprint density at radius 3 is 2.77 bits per heavy atom. The third-order valence-electron chi connectivity index (χ3n) is 1.52. The Balaban J connectivity index is 2.48. The molecule has 0 aromatic heterocycles. The van der Waals surface area contributed by atoms with Crippen molar-refractivity contribution in [3.63, 3.8) is 0 Å². The standard InChI is InChI=1S/C9H11NO2S/c10-4-1-5-13-9-6-7(11)2-3-8(9)12/h2-3,6H,1,4-5,10H2. The van der Waals surface area contributed by atoms with Crippen LogP contribution in [0.1, 0.15) is 6.42 Å². The molecule has 1 aliphatic carbocycles. The van der Waals surface area contributed by atoms with E-state index in [0.29, 0.717) is 11.4 Å². The number of carbonyl (C=O) groups is 2. The Hall–Kier alpha value is -0.870. The molecular formula is C9H11NO2S. The first-order valence-corrected chi connectivity index (χ1v) is 5.03. The molecule has 0 aromatic rings. The van der Waals surface area contributed by atoms with E-state index in [1.165, 1.54) is 30.0 Å². The Labute approximate surface area is 81.1 Å². The van der Waals surface area contributed by atoms with Gasteiger partial charge in [-0.1, -0.05) is 0 Å². The second-order valence-corrected chi connectivity index (χ2v) is 3.74. The van der Waals surface area contributed by atoms with Gasteiger partial charge in [0.25, 0.3) is 0 Å². The second kappa shape index (κ2) is 4.99. The summed E-state index contributed by atoms with van der Waals surface area (Å²) < 4.78 is 0. The van der Waals surface area contributed by atoms with Gasteiger partial charge in [-0.25, -0.2) is 0 Å². The lowest BCUT2D eigenvalue weighted by molar-refractivity contribution is -0.114. The monoisotopic (exact) mass is 197 g/mol. The highest BCUT2D eigenvalue weighted by atomic mass is 32.2. The predicted molar refractivity (Wildman–Crippen MR) is 53.4 cm³/mol. The molecule has 0 atom stereocenters. The molecule has 13 heavy (non-hydrogen) atoms. The smallest absolute Gasteiger partial charge is 0.192 e. The number of rotatable bonds is 4. The lowest BCUT2D eigenvalue weighted by Crippen LogP contribution is -2.06. The molecule has 0 spiro atoms. The van der Waals surface area contributed by atoms with Crippen LogP contribution in [-0.4, -0.2) is 23.9 Å². The van der Waals surface area contributed by atoms with Crippen molar-refractivity contribution in [3.05, 3.63) is 23.1 Å². The molecule has 1 aliphatic rings. The zero-order valence-electron chi connectivity index (χ0n) is 7.16. The molecule has 0 unspecified atom stereocenters. The number of carbonyl (C=O) groups excluding carboxylic acids is 2. The van der Waals surface area contributed by atoms with Gasteiger partial charge in [0.1, 0.15) is 0 Å². The first-order valence-electron chi connectivity index (χ1n) is 4.05. The van der Waals surface area contributed by atoms with E-state index in [0.717, 1.165) is 12.2 Å². The highest BCUT2D eigenvalue weighted by Crippen LogP contribution is 2.20. The van der Waals surface area contributed by atoms with Crippen LogP contribution >= 0.6 is 11.8 Å². The molecule has 0 bridgehead atoms. The van der Waals surface area contributed by atoms with Gasteiger partial charge in [0.15, 0.2) is 11.6 Å². The molecule has 3 nitrogen and oxygen atoms in total. The van der Waals surface area contributed by atoms with Gasteiger partial charge in [-0.05, 0) is 30.9 Å². The SMILES string of the molecule is NCCCSC1=CC(=O)C=CC1=O. The van der Waals surface area contributed by atoms with Crippen LogP contribution in [0.25, 0.3) is 0 Å². The van der Waals surface area contributed by atoms with Gasteiger partial charge in [0.05, 0.1) is 4.91 Å². The molecule has 0 radical (unpaired) electrons. The van der Waals surface area contributed by atoms with Crippen LogP contribution < -0.4 is 5.73 Å². The Kier molecular flexibility index (Phi) is 3.92. The van der Waals surface area contributed by atoms with E-state index in [4.69, 9.17) is 5.73 Å². The number of ketones is 2. The van der Waals surface area contributed by atoms with Gasteiger partial charge in [0, 0.05) is 6.08 Å². The van der Waals surface area contributed by atoms with Crippen LogP contribution in [0.2, 0.25) is 0 Å². The molecule has 0 aromatic carbocycles. The first-order chi connectivity index (χ1) is 6.24. The fourth-order valence-corrected chi connectivity index (χ4v) is 1.81. The lowest BCUT2D eigenvalue weighted by atomic mass is 10.2. The van der Waals surface area contributed by atoms with E-state index in [1.54, 1.807) is 0 Å². The van der Waals surface area contributed by atoms with Gasteiger partial charge in [-0.15, -0.1) is 11.8 Å². The minimum absolute atomic E-state index is 0.0818. The highest BCUT2D eigenvalue weighted by molar-refractivity contribution is 8.04. The predicted octanol–water partition coefficient (Wildman–Crippen LogP) is 0.660. The Morgan fingerprint density at radius 2 is 2.08 bits per heavy atom. The summed E-state index contributed by atoms with van der Waals surface area (Å²) in [5.41, 5.74) is 5.31. The largest absolute Gasteiger partial charge is 0.330 e. The molecule has 4 heteroatoms. The fourth-order valence-electron chi connectivity index (χ4n) is 0.867. The van der Waals surface area contributed by atoms with Crippen LogP contribution in [0, 0.1) is 0 Å². The third-order valence-corrected chi connectivity index (χ3v) is 2.64. The van der Waals surface area contributed by atoms with Crippen molar-refractivity contribution >= 4 is 23.3 Å². The molecule has 70 valence electrons. The van der Waals surface area contributed by atoms with Crippen molar-refractivity contribution in [1.82, 2.24) is 0 Å². The Morgan fingerprint density at radius 1 is 1.31 bits per heavy atom. The van der Waals surface area contributed by atoms with E-state index in [9.17, 15) is 9.59 Å². The normalized spacial score (nSPS) is 16.2. The lowest BCUT2D eigenvalue weighted by Gasteiger charge is -2.04. The molecule has 0 heterocycles. The highest BCUT2D eigenvalue weighted by Gasteiger charge is 2.12. The van der Waals surface area contributed by atoms with E-state index >= 15 is 0 Å². The maximum Gasteiger partial charge on any atom is 0.192 e. The number of thioether (sulfide) groups is 1. The second-order valence-electron chi connectivity index (χ2n) is 2.60. The number of hydrogen-bond acceptors (Lipinski definition) is 4. The average molecular weight is 197 g/mol. The first kappa shape index (κ1) is 10.2. The molecule has 0 saturated carbocycles. The number of hydrogen-bond donors (Lipinski definition) is 1. The fraction of sp³-hybridized carbons (Fsp3) is 0.333. The van der Waals surface area contributed by atoms with Gasteiger partial charge in [0.2, 0.25) is 0 Å². The van der Waals surface area contributed by atoms with Gasteiger partial charge in [-0.2, -0.15) is 0 Å². The molecule has 0 saturated heterocycles. The summed E-state index contributed by atoms with van der Waals surface area (Å²) in [5.74, 6) is 0.589. The minimum atomic E-state index is -0.116. The van der Waals surface area contributed by atoms with Crippen molar-refractivity contribution in [2.75, 3.05) is 12.3 Å². The van der Waals surface area contributed by atoms with E-state index in [1.807, 2.05) is 0 Å². The maximum atomic E-state index is 11.2. The summed E-state index contributed by atoms with van der Waals surface area (Å²) in [5, 5.41) is 0. The summed E-state index contributed by atoms with van der Waals surface area (Å²) in [6, 6.07) is 0. The summed E-state index contributed by atoms with van der Waals surface area (Å²) in [6.07, 6.45) is 4.83. The van der Waals surface area contributed by atoms with Crippen LogP contribution in [0.3, 0.4) is 0 Å². The summed E-state index contributed by atoms with van der Waals surface area (Å²) >= 11 is 1.39. The maximum absolute atomic E-state index is 11.2. The zero-order valence-corrected chi connectivity index (χ0v) is 7.97. The van der Waals surface area contributed by atoms with E-state index < -0.39 is 0 Å². The Bertz CT molecular complexity index is 281. The van der Waals surface area contributed by atoms with Crippen LogP contribution in [-0.2, 0) is 9.59 Å². The van der Waals surface area contributed by atoms with Gasteiger partial charge < -0.3 is 5.73 Å². The van der Waals surface area contributed by atoms with Crippen molar-refractivity contribution in [1.29, 1.82) is 0 Å². The van der Waals surface area contributed by atoms with Crippen molar-refractivity contribution in [2.24, 2.45) is 5.73 Å². The zero-order chi connectivity index (χ0) is 9.68. The summed E-state index contributed by atoms with van der Waals surface area (Å²) in [7, 11) is 0. The molecule has 2 N–H and O–H groups in total. The molecular weight excluding hydrogens is 186 g/mol. The van der Waals surface area contributed by atoms with Crippen LogP contribution in [0.5, 0.6) is 0 Å². The van der Waals surface area contributed by atoms with Crippen molar-refractivity contribution in [3.8, 4) is 0 Å². The molecule has 0 fully saturated rings. The van der Waals surface area contributed by atoms with Crippen molar-refractivity contribution in [2.45, 2.75) is 6.42 Å². The third kappa shape index (κ3) is 3.16. The molecule has 0 amide bonds. The number of nitrogens with two attached hydrogens (primary N) is 1. The summed E-state index contributed by atoms with van der Waals surface area (Å²) in [4.78, 5) is 22.6. The van der Waals surface area contributed by atoms with Gasteiger partial charge >= 0.3 is 0 Å². The average Bonchev–Trinajstić information content (AvgIpc) is 2.11. The molecule has 0 aliphatic heterocycles. The van der Waals surface area contributed by atoms with Gasteiger partial charge in [-0.3, -0.25) is 9.59 Å². The van der Waals surface area contributed by atoms with E-state index in [2.05, 4.69) is 0 Å². The number of allylic oxidation sites excluding steroid dienone is 4. The topological polar surface area (TPSA) is 60.2 Å². The summed E-state index contributed by atoms with van der Waals surface area (Å²) in [6.45, 7) is 0.609. The minimum Gasteiger partial charge on any atom is -0.330 e. The van der Waals surface area contributed by atoms with Crippen LogP contribution in [0.15, 0.2) is 23.1 Å².